The second-order valence-corrected chi connectivity index (χ2v) is 7.95. The molecule has 2 aliphatic rings. The molecule has 0 unspecified atom stereocenters. The van der Waals surface area contributed by atoms with Crippen molar-refractivity contribution in [3.05, 3.63) is 66.2 Å². The van der Waals surface area contributed by atoms with Crippen LogP contribution in [0.4, 0.5) is 11.5 Å². The summed E-state index contributed by atoms with van der Waals surface area (Å²) in [6.07, 6.45) is 2.62. The third kappa shape index (κ3) is 3.56. The monoisotopic (exact) mass is 432 g/mol. The molecule has 0 saturated carbocycles. The number of aromatic nitrogens is 4. The van der Waals surface area contributed by atoms with Crippen LogP contribution in [-0.2, 0) is 11.2 Å². The van der Waals surface area contributed by atoms with Gasteiger partial charge < -0.3 is 26.4 Å². The number of aliphatic hydroxyl groups excluding tert-OH is 2. The summed E-state index contributed by atoms with van der Waals surface area (Å²) in [5, 5.41) is 18.8. The number of ether oxygens (including phenoxy) is 1. The van der Waals surface area contributed by atoms with Crippen LogP contribution in [0.2, 0.25) is 0 Å². The summed E-state index contributed by atoms with van der Waals surface area (Å²) in [5.41, 5.74) is 18.8. The van der Waals surface area contributed by atoms with Crippen LogP contribution >= 0.6 is 0 Å². The number of aliphatic hydroxyl groups is 2. The van der Waals surface area contributed by atoms with Gasteiger partial charge in [0.2, 0.25) is 0 Å². The summed E-state index contributed by atoms with van der Waals surface area (Å²) in [7, 11) is 0. The highest BCUT2D eigenvalue weighted by Crippen LogP contribution is 2.37. The number of imidazole rings is 1. The highest BCUT2D eigenvalue weighted by Gasteiger charge is 2.35. The zero-order valence-corrected chi connectivity index (χ0v) is 17.3. The van der Waals surface area contributed by atoms with E-state index in [1.54, 1.807) is 10.9 Å². The van der Waals surface area contributed by atoms with Crippen molar-refractivity contribution in [2.45, 2.75) is 31.3 Å². The Bertz CT molecular complexity index is 1270. The Hall–Kier alpha value is -3.53. The van der Waals surface area contributed by atoms with Gasteiger partial charge in [-0.05, 0) is 40.8 Å². The Morgan fingerprint density at radius 3 is 2.66 bits per heavy atom. The summed E-state index contributed by atoms with van der Waals surface area (Å²) in [6.45, 7) is -0.221. The van der Waals surface area contributed by atoms with Crippen LogP contribution in [0.3, 0.4) is 0 Å². The molecule has 3 heterocycles. The lowest BCUT2D eigenvalue weighted by Crippen LogP contribution is -2.24. The highest BCUT2D eigenvalue weighted by atomic mass is 16.5. The SMILES string of the molecule is Nc1ccc2c(c1)Cc1ccccc1-2.Nc1ncnc2c1ncn2[C@H]1C[C@H](O)[C@@H](CO)O1. The van der Waals surface area contributed by atoms with Crippen LogP contribution in [0.25, 0.3) is 22.3 Å². The van der Waals surface area contributed by atoms with Crippen molar-refractivity contribution in [1.82, 2.24) is 19.5 Å². The predicted octanol–water partition coefficient (Wildman–Crippen LogP) is 1.89. The third-order valence-electron chi connectivity index (χ3n) is 5.90. The lowest BCUT2D eigenvalue weighted by Gasteiger charge is -2.13. The maximum atomic E-state index is 9.71. The van der Waals surface area contributed by atoms with Crippen molar-refractivity contribution in [2.24, 2.45) is 0 Å². The number of nitrogens with zero attached hydrogens (tertiary/aromatic N) is 4. The van der Waals surface area contributed by atoms with E-state index in [1.165, 1.54) is 28.6 Å². The van der Waals surface area contributed by atoms with Crippen LogP contribution in [0, 0.1) is 0 Å². The molecule has 1 fully saturated rings. The van der Waals surface area contributed by atoms with Crippen molar-refractivity contribution in [1.29, 1.82) is 0 Å². The Kier molecular flexibility index (Phi) is 5.22. The van der Waals surface area contributed by atoms with E-state index in [0.29, 0.717) is 23.4 Å². The van der Waals surface area contributed by atoms with E-state index in [9.17, 15) is 5.11 Å². The summed E-state index contributed by atoms with van der Waals surface area (Å²) in [4.78, 5) is 12.1. The van der Waals surface area contributed by atoms with Gasteiger partial charge in [0.1, 0.15) is 24.2 Å². The van der Waals surface area contributed by atoms with Gasteiger partial charge >= 0.3 is 0 Å². The fraction of sp³-hybridized carbons (Fsp3) is 0.261. The van der Waals surface area contributed by atoms with Crippen molar-refractivity contribution in [3.8, 4) is 11.1 Å². The number of anilines is 2. The van der Waals surface area contributed by atoms with E-state index < -0.39 is 18.4 Å². The number of benzene rings is 2. The van der Waals surface area contributed by atoms with Crippen LogP contribution in [0.15, 0.2) is 55.1 Å². The fourth-order valence-corrected chi connectivity index (χ4v) is 4.30. The third-order valence-corrected chi connectivity index (χ3v) is 5.90. The summed E-state index contributed by atoms with van der Waals surface area (Å²) >= 11 is 0. The van der Waals surface area contributed by atoms with E-state index in [2.05, 4.69) is 51.4 Å². The number of nitrogens with two attached hydrogens (primary N) is 2. The average Bonchev–Trinajstić information content (AvgIpc) is 3.48. The first-order chi connectivity index (χ1) is 15.5. The minimum absolute atomic E-state index is 0.221. The highest BCUT2D eigenvalue weighted by molar-refractivity contribution is 5.81. The molecule has 2 aromatic heterocycles. The normalized spacial score (nSPS) is 21.1. The molecular weight excluding hydrogens is 408 g/mol. The fourth-order valence-electron chi connectivity index (χ4n) is 4.30. The van der Waals surface area contributed by atoms with E-state index in [0.717, 1.165) is 12.1 Å². The lowest BCUT2D eigenvalue weighted by atomic mass is 10.1. The van der Waals surface area contributed by atoms with Gasteiger partial charge in [-0.15, -0.1) is 0 Å². The van der Waals surface area contributed by atoms with Crippen molar-refractivity contribution in [3.63, 3.8) is 0 Å². The number of hydrogen-bond donors (Lipinski definition) is 4. The zero-order valence-electron chi connectivity index (χ0n) is 17.3. The maximum Gasteiger partial charge on any atom is 0.167 e. The number of fused-ring (bicyclic) bond motifs is 4. The Balaban J connectivity index is 0.000000139. The molecule has 1 aliphatic heterocycles. The molecular formula is C23H24N6O3. The zero-order chi connectivity index (χ0) is 22.2. The van der Waals surface area contributed by atoms with Crippen LogP contribution < -0.4 is 11.5 Å². The van der Waals surface area contributed by atoms with Gasteiger partial charge in [-0.2, -0.15) is 0 Å². The Morgan fingerprint density at radius 2 is 1.84 bits per heavy atom. The first kappa shape index (κ1) is 20.4. The predicted molar refractivity (Wildman–Crippen MR) is 120 cm³/mol. The largest absolute Gasteiger partial charge is 0.399 e. The topological polar surface area (TPSA) is 145 Å². The molecule has 4 aromatic rings. The van der Waals surface area contributed by atoms with Gasteiger partial charge in [0.25, 0.3) is 0 Å². The van der Waals surface area contributed by atoms with Gasteiger partial charge in [-0.1, -0.05) is 30.3 Å². The van der Waals surface area contributed by atoms with Gasteiger partial charge in [0, 0.05) is 12.1 Å². The number of rotatable bonds is 2. The molecule has 1 saturated heterocycles. The standard InChI is InChI=1S/C13H11N.C10H13N5O3/c14-11-5-6-13-10(8-11)7-9-3-1-2-4-12(9)13;11-9-8-10(13-3-12-9)15(4-14-8)7-1-5(17)6(2-16)18-7/h1-6,8H,7,14H2;3-7,16-17H,1-2H2,(H2,11,12,13)/t;5-,6+,7+/m.0/s1. The molecule has 6 N–H and O–H groups in total. The molecule has 32 heavy (non-hydrogen) atoms. The molecule has 9 nitrogen and oxygen atoms in total. The number of hydrogen-bond acceptors (Lipinski definition) is 8. The first-order valence-electron chi connectivity index (χ1n) is 10.4. The van der Waals surface area contributed by atoms with Gasteiger partial charge in [0.15, 0.2) is 11.5 Å². The smallest absolute Gasteiger partial charge is 0.167 e. The molecule has 1 aliphatic carbocycles. The summed E-state index contributed by atoms with van der Waals surface area (Å²) in [6, 6.07) is 14.7. The minimum Gasteiger partial charge on any atom is -0.399 e. The molecule has 6 rings (SSSR count). The van der Waals surface area contributed by atoms with E-state index in [4.69, 9.17) is 21.3 Å². The first-order valence-corrected chi connectivity index (χ1v) is 10.4. The maximum absolute atomic E-state index is 9.71. The van der Waals surface area contributed by atoms with E-state index in [-0.39, 0.29) is 6.61 Å². The van der Waals surface area contributed by atoms with Crippen LogP contribution in [0.1, 0.15) is 23.8 Å². The van der Waals surface area contributed by atoms with Gasteiger partial charge in [-0.3, -0.25) is 4.57 Å². The van der Waals surface area contributed by atoms with Crippen molar-refractivity contribution < 1.29 is 14.9 Å². The molecule has 3 atom stereocenters. The molecule has 0 amide bonds. The van der Waals surface area contributed by atoms with Crippen LogP contribution in [0.5, 0.6) is 0 Å². The molecule has 9 heteroatoms. The van der Waals surface area contributed by atoms with Crippen molar-refractivity contribution in [2.75, 3.05) is 18.1 Å². The lowest BCUT2D eigenvalue weighted by molar-refractivity contribution is -0.0432. The molecule has 0 spiro atoms. The van der Waals surface area contributed by atoms with Gasteiger partial charge in [0.05, 0.1) is 19.0 Å². The second kappa shape index (κ2) is 8.19. The Labute approximate surface area is 184 Å². The molecule has 164 valence electrons. The average molecular weight is 432 g/mol. The summed E-state index contributed by atoms with van der Waals surface area (Å²) in [5.74, 6) is 0.302. The molecule has 2 aromatic carbocycles. The van der Waals surface area contributed by atoms with E-state index in [1.807, 2.05) is 6.07 Å². The van der Waals surface area contributed by atoms with E-state index >= 15 is 0 Å². The minimum atomic E-state index is -0.698. The van der Waals surface area contributed by atoms with Crippen LogP contribution in [-0.4, -0.2) is 48.5 Å². The summed E-state index contributed by atoms with van der Waals surface area (Å²) < 4.78 is 7.22. The Morgan fingerprint density at radius 1 is 1.03 bits per heavy atom. The number of nitrogen functional groups attached to an aromatic ring is 2. The van der Waals surface area contributed by atoms with Gasteiger partial charge in [-0.25, -0.2) is 15.0 Å². The second-order valence-electron chi connectivity index (χ2n) is 7.95. The quantitative estimate of drug-likeness (QED) is 0.309. The molecule has 0 bridgehead atoms. The molecule has 0 radical (unpaired) electrons. The van der Waals surface area contributed by atoms with Crippen molar-refractivity contribution >= 4 is 22.7 Å².